The van der Waals surface area contributed by atoms with Gasteiger partial charge in [-0.15, -0.1) is 0 Å². The van der Waals surface area contributed by atoms with Crippen molar-refractivity contribution in [3.05, 3.63) is 0 Å². The maximum absolute atomic E-state index is 12.1. The van der Waals surface area contributed by atoms with E-state index in [4.69, 9.17) is 14.2 Å². The van der Waals surface area contributed by atoms with E-state index in [9.17, 15) is 9.59 Å². The number of methoxy groups -OCH3 is 2. The fraction of sp³-hybridized carbons (Fsp3) is 0.857. The molecule has 1 saturated carbocycles. The summed E-state index contributed by atoms with van der Waals surface area (Å²) in [6.07, 6.45) is 2.74. The molecule has 1 aliphatic carbocycles. The minimum Gasteiger partial charge on any atom is -0.468 e. The Hall–Kier alpha value is -0.370. The van der Waals surface area contributed by atoms with Crippen molar-refractivity contribution in [3.8, 4) is 0 Å². The SMILES string of the molecule is CCCCOC1CC(C(=O)OC)(C(=O)OC)CC1CI. The zero-order valence-electron chi connectivity index (χ0n) is 12.3. The lowest BCUT2D eigenvalue weighted by molar-refractivity contribution is -0.169. The van der Waals surface area contributed by atoms with Crippen molar-refractivity contribution in [2.24, 2.45) is 11.3 Å². The smallest absolute Gasteiger partial charge is 0.323 e. The highest BCUT2D eigenvalue weighted by Crippen LogP contribution is 2.46. The molecule has 0 N–H and O–H groups in total. The zero-order chi connectivity index (χ0) is 15.2. The Kier molecular flexibility index (Phi) is 7.22. The number of hydrogen-bond donors (Lipinski definition) is 0. The van der Waals surface area contributed by atoms with Gasteiger partial charge in [0.15, 0.2) is 5.41 Å². The molecule has 1 rings (SSSR count). The molecule has 6 heteroatoms. The summed E-state index contributed by atoms with van der Waals surface area (Å²) in [6, 6.07) is 0. The predicted molar refractivity (Wildman–Crippen MR) is 82.7 cm³/mol. The van der Waals surface area contributed by atoms with Gasteiger partial charge in [0.25, 0.3) is 0 Å². The Labute approximate surface area is 133 Å². The lowest BCUT2D eigenvalue weighted by Gasteiger charge is -2.23. The van der Waals surface area contributed by atoms with Crippen LogP contribution in [-0.4, -0.2) is 43.3 Å². The molecule has 0 radical (unpaired) electrons. The summed E-state index contributed by atoms with van der Waals surface area (Å²) in [4.78, 5) is 24.2. The first-order valence-corrected chi connectivity index (χ1v) is 8.42. The number of esters is 2. The first-order valence-electron chi connectivity index (χ1n) is 6.90. The molecule has 20 heavy (non-hydrogen) atoms. The van der Waals surface area contributed by atoms with E-state index in [2.05, 4.69) is 29.5 Å². The van der Waals surface area contributed by atoms with Gasteiger partial charge in [-0.05, 0) is 18.8 Å². The van der Waals surface area contributed by atoms with Gasteiger partial charge in [0.05, 0.1) is 20.3 Å². The van der Waals surface area contributed by atoms with Gasteiger partial charge >= 0.3 is 11.9 Å². The lowest BCUT2D eigenvalue weighted by atomic mass is 9.85. The van der Waals surface area contributed by atoms with E-state index in [1.54, 1.807) is 0 Å². The van der Waals surface area contributed by atoms with E-state index in [-0.39, 0.29) is 12.0 Å². The topological polar surface area (TPSA) is 61.8 Å². The highest BCUT2D eigenvalue weighted by atomic mass is 127. The van der Waals surface area contributed by atoms with E-state index >= 15 is 0 Å². The van der Waals surface area contributed by atoms with Gasteiger partial charge < -0.3 is 14.2 Å². The quantitative estimate of drug-likeness (QED) is 0.217. The lowest BCUT2D eigenvalue weighted by Crippen LogP contribution is -2.39. The molecule has 0 spiro atoms. The standard InChI is InChI=1S/C14H23IO5/c1-4-5-6-20-11-8-14(12(16)18-2,13(17)19-3)7-10(11)9-15/h10-11H,4-9H2,1-3H3. The van der Waals surface area contributed by atoms with Crippen LogP contribution in [0.3, 0.4) is 0 Å². The summed E-state index contributed by atoms with van der Waals surface area (Å²) in [5.74, 6) is -0.854. The molecule has 0 aromatic rings. The third kappa shape index (κ3) is 3.63. The van der Waals surface area contributed by atoms with Crippen LogP contribution in [0.2, 0.25) is 0 Å². The van der Waals surface area contributed by atoms with Gasteiger partial charge in [0.1, 0.15) is 0 Å². The first kappa shape index (κ1) is 17.7. The highest BCUT2D eigenvalue weighted by molar-refractivity contribution is 14.1. The van der Waals surface area contributed by atoms with Gasteiger partial charge in [-0.25, -0.2) is 0 Å². The minimum atomic E-state index is -1.20. The Morgan fingerprint density at radius 2 is 1.80 bits per heavy atom. The molecule has 0 saturated heterocycles. The van der Waals surface area contributed by atoms with Crippen molar-refractivity contribution < 1.29 is 23.8 Å². The summed E-state index contributed by atoms with van der Waals surface area (Å²) in [6.45, 7) is 2.76. The second-order valence-electron chi connectivity index (χ2n) is 5.15. The second-order valence-corrected chi connectivity index (χ2v) is 6.03. The molecule has 1 aliphatic rings. The van der Waals surface area contributed by atoms with Crippen molar-refractivity contribution in [1.29, 1.82) is 0 Å². The first-order chi connectivity index (χ1) is 9.55. The maximum Gasteiger partial charge on any atom is 0.323 e. The number of carbonyl (C=O) groups excluding carboxylic acids is 2. The van der Waals surface area contributed by atoms with Crippen LogP contribution in [0.4, 0.5) is 0 Å². The molecule has 0 aromatic heterocycles. The average Bonchev–Trinajstić information content (AvgIpc) is 2.86. The molecule has 0 heterocycles. The van der Waals surface area contributed by atoms with Crippen LogP contribution in [0.15, 0.2) is 0 Å². The molecule has 2 atom stereocenters. The van der Waals surface area contributed by atoms with Crippen molar-refractivity contribution in [2.45, 2.75) is 38.7 Å². The zero-order valence-corrected chi connectivity index (χ0v) is 14.5. The minimum absolute atomic E-state index is 0.0864. The van der Waals surface area contributed by atoms with Crippen molar-refractivity contribution >= 4 is 34.5 Å². The molecule has 0 aliphatic heterocycles. The molecule has 0 aromatic carbocycles. The number of alkyl halides is 1. The van der Waals surface area contributed by atoms with Gasteiger partial charge in [-0.3, -0.25) is 9.59 Å². The van der Waals surface area contributed by atoms with Crippen LogP contribution in [0, 0.1) is 11.3 Å². The molecule has 5 nitrogen and oxygen atoms in total. The van der Waals surface area contributed by atoms with E-state index in [0.29, 0.717) is 19.4 Å². The molecule has 0 amide bonds. The summed E-state index contributed by atoms with van der Waals surface area (Å²) >= 11 is 2.27. The van der Waals surface area contributed by atoms with Crippen LogP contribution in [0.25, 0.3) is 0 Å². The largest absolute Gasteiger partial charge is 0.468 e. The van der Waals surface area contributed by atoms with Gasteiger partial charge in [0, 0.05) is 17.5 Å². The van der Waals surface area contributed by atoms with Gasteiger partial charge in [-0.2, -0.15) is 0 Å². The average molecular weight is 398 g/mol. The fourth-order valence-electron chi connectivity index (χ4n) is 2.71. The third-order valence-corrected chi connectivity index (χ3v) is 5.00. The normalized spacial score (nSPS) is 24.4. The third-order valence-electron chi connectivity index (χ3n) is 3.87. The van der Waals surface area contributed by atoms with Crippen molar-refractivity contribution in [2.75, 3.05) is 25.3 Å². The van der Waals surface area contributed by atoms with E-state index < -0.39 is 17.4 Å². The summed E-state index contributed by atoms with van der Waals surface area (Å²) in [5.41, 5.74) is -1.20. The highest BCUT2D eigenvalue weighted by Gasteiger charge is 2.57. The van der Waals surface area contributed by atoms with Crippen LogP contribution in [0.1, 0.15) is 32.6 Å². The van der Waals surface area contributed by atoms with Crippen molar-refractivity contribution in [1.82, 2.24) is 0 Å². The Morgan fingerprint density at radius 3 is 2.25 bits per heavy atom. The summed E-state index contributed by atoms with van der Waals surface area (Å²) < 4.78 is 16.4. The van der Waals surface area contributed by atoms with Gasteiger partial charge in [0.2, 0.25) is 0 Å². The molecular formula is C14H23IO5. The number of unbranched alkanes of at least 4 members (excludes halogenated alkanes) is 1. The Morgan fingerprint density at radius 1 is 1.20 bits per heavy atom. The number of halogens is 1. The second kappa shape index (κ2) is 8.17. The van der Waals surface area contributed by atoms with E-state index in [0.717, 1.165) is 17.3 Å². The summed E-state index contributed by atoms with van der Waals surface area (Å²) in [5, 5.41) is 0. The van der Waals surface area contributed by atoms with Crippen LogP contribution < -0.4 is 0 Å². The molecular weight excluding hydrogens is 375 g/mol. The Bertz CT molecular complexity index is 328. The Balaban J connectivity index is 2.87. The maximum atomic E-state index is 12.1. The number of ether oxygens (including phenoxy) is 3. The monoisotopic (exact) mass is 398 g/mol. The molecule has 116 valence electrons. The van der Waals surface area contributed by atoms with E-state index in [1.165, 1.54) is 14.2 Å². The number of rotatable bonds is 7. The summed E-state index contributed by atoms with van der Waals surface area (Å²) in [7, 11) is 2.61. The van der Waals surface area contributed by atoms with Crippen LogP contribution in [-0.2, 0) is 23.8 Å². The van der Waals surface area contributed by atoms with Crippen LogP contribution in [0.5, 0.6) is 0 Å². The number of hydrogen-bond acceptors (Lipinski definition) is 5. The van der Waals surface area contributed by atoms with Gasteiger partial charge in [-0.1, -0.05) is 35.9 Å². The molecule has 1 fully saturated rings. The molecule has 2 unspecified atom stereocenters. The van der Waals surface area contributed by atoms with Crippen LogP contribution >= 0.6 is 22.6 Å². The predicted octanol–water partition coefficient (Wildman–Crippen LogP) is 2.35. The fourth-order valence-corrected chi connectivity index (χ4v) is 3.59. The van der Waals surface area contributed by atoms with E-state index in [1.807, 2.05) is 0 Å². The number of carbonyl (C=O) groups is 2. The van der Waals surface area contributed by atoms with Crippen molar-refractivity contribution in [3.63, 3.8) is 0 Å². The molecule has 0 bridgehead atoms.